The standard InChI is InChI=1S/C15H11ClN2O2S/c16-12-8-17-14-11(12)5-2-6-13(14)18-21-10-4-1-3-9(7-10)15(19)20/h1-8,17-18H,(H,19,20). The van der Waals surface area contributed by atoms with Gasteiger partial charge in [-0.2, -0.15) is 0 Å². The zero-order valence-electron chi connectivity index (χ0n) is 10.8. The van der Waals surface area contributed by atoms with Crippen molar-refractivity contribution in [1.82, 2.24) is 4.98 Å². The Hall–Kier alpha value is -2.11. The highest BCUT2D eigenvalue weighted by Gasteiger charge is 2.07. The van der Waals surface area contributed by atoms with Crippen LogP contribution in [0.5, 0.6) is 0 Å². The van der Waals surface area contributed by atoms with E-state index in [0.29, 0.717) is 5.02 Å². The SMILES string of the molecule is O=C(O)c1cccc(SNc2cccc3c(Cl)c[nH]c23)c1. The van der Waals surface area contributed by atoms with Crippen molar-refractivity contribution in [3.8, 4) is 0 Å². The summed E-state index contributed by atoms with van der Waals surface area (Å²) in [6.07, 6.45) is 1.74. The zero-order valence-corrected chi connectivity index (χ0v) is 12.3. The molecular weight excluding hydrogens is 308 g/mol. The normalized spacial score (nSPS) is 10.7. The van der Waals surface area contributed by atoms with Crippen LogP contribution in [-0.2, 0) is 0 Å². The summed E-state index contributed by atoms with van der Waals surface area (Å²) in [6.45, 7) is 0. The lowest BCUT2D eigenvalue weighted by atomic mass is 10.2. The minimum Gasteiger partial charge on any atom is -0.478 e. The van der Waals surface area contributed by atoms with E-state index in [9.17, 15) is 4.79 Å². The number of para-hydroxylation sites is 1. The number of aromatic amines is 1. The summed E-state index contributed by atoms with van der Waals surface area (Å²) in [5.74, 6) is -0.935. The van der Waals surface area contributed by atoms with Crippen molar-refractivity contribution in [3.05, 3.63) is 59.2 Å². The number of halogens is 1. The van der Waals surface area contributed by atoms with Crippen molar-refractivity contribution in [3.63, 3.8) is 0 Å². The number of aromatic carboxylic acids is 1. The number of carboxylic acid groups (broad SMARTS) is 1. The minimum atomic E-state index is -0.935. The molecule has 0 bridgehead atoms. The van der Waals surface area contributed by atoms with E-state index in [2.05, 4.69) is 9.71 Å². The van der Waals surface area contributed by atoms with Gasteiger partial charge in [-0.1, -0.05) is 29.8 Å². The molecule has 0 unspecified atom stereocenters. The number of anilines is 1. The van der Waals surface area contributed by atoms with E-state index < -0.39 is 5.97 Å². The monoisotopic (exact) mass is 318 g/mol. The van der Waals surface area contributed by atoms with Crippen molar-refractivity contribution in [2.24, 2.45) is 0 Å². The number of hydrogen-bond acceptors (Lipinski definition) is 3. The van der Waals surface area contributed by atoms with E-state index in [0.717, 1.165) is 21.5 Å². The maximum absolute atomic E-state index is 11.0. The number of carbonyl (C=O) groups is 1. The molecule has 0 atom stereocenters. The van der Waals surface area contributed by atoms with Crippen LogP contribution < -0.4 is 4.72 Å². The van der Waals surface area contributed by atoms with Crippen LogP contribution in [0.15, 0.2) is 53.6 Å². The molecular formula is C15H11ClN2O2S. The summed E-state index contributed by atoms with van der Waals surface area (Å²) in [5.41, 5.74) is 2.08. The molecule has 0 aliphatic carbocycles. The highest BCUT2D eigenvalue weighted by Crippen LogP contribution is 2.31. The second kappa shape index (κ2) is 5.71. The summed E-state index contributed by atoms with van der Waals surface area (Å²) in [5, 5.41) is 10.6. The number of hydrogen-bond donors (Lipinski definition) is 3. The van der Waals surface area contributed by atoms with Gasteiger partial charge in [0.1, 0.15) is 0 Å². The van der Waals surface area contributed by atoms with Crippen LogP contribution in [0.2, 0.25) is 5.02 Å². The highest BCUT2D eigenvalue weighted by atomic mass is 35.5. The molecule has 21 heavy (non-hydrogen) atoms. The molecule has 106 valence electrons. The molecule has 4 nitrogen and oxygen atoms in total. The number of benzene rings is 2. The quantitative estimate of drug-likeness (QED) is 0.613. The van der Waals surface area contributed by atoms with Crippen LogP contribution in [0.1, 0.15) is 10.4 Å². The lowest BCUT2D eigenvalue weighted by Crippen LogP contribution is -1.96. The molecule has 0 spiro atoms. The van der Waals surface area contributed by atoms with Crippen LogP contribution in [-0.4, -0.2) is 16.1 Å². The van der Waals surface area contributed by atoms with Gasteiger partial charge in [0, 0.05) is 16.5 Å². The smallest absolute Gasteiger partial charge is 0.335 e. The Morgan fingerprint density at radius 2 is 2.05 bits per heavy atom. The number of aromatic nitrogens is 1. The molecule has 0 aliphatic heterocycles. The van der Waals surface area contributed by atoms with Crippen LogP contribution in [0.4, 0.5) is 5.69 Å². The predicted octanol–water partition coefficient (Wildman–Crippen LogP) is 4.64. The molecule has 0 saturated heterocycles. The predicted molar refractivity (Wildman–Crippen MR) is 86.2 cm³/mol. The zero-order chi connectivity index (χ0) is 14.8. The Bertz CT molecular complexity index is 816. The van der Waals surface area contributed by atoms with E-state index in [-0.39, 0.29) is 5.56 Å². The molecule has 6 heteroatoms. The first-order valence-electron chi connectivity index (χ1n) is 6.17. The fraction of sp³-hybridized carbons (Fsp3) is 0. The van der Waals surface area contributed by atoms with E-state index in [4.69, 9.17) is 16.7 Å². The molecule has 0 aliphatic rings. The van der Waals surface area contributed by atoms with Crippen molar-refractivity contribution >= 4 is 46.1 Å². The van der Waals surface area contributed by atoms with Crippen molar-refractivity contribution in [2.45, 2.75) is 4.90 Å². The molecule has 0 fully saturated rings. The number of rotatable bonds is 4. The van der Waals surface area contributed by atoms with Gasteiger partial charge in [0.25, 0.3) is 0 Å². The average Bonchev–Trinajstić information content (AvgIpc) is 2.88. The molecule has 1 aromatic heterocycles. The molecule has 0 amide bonds. The van der Waals surface area contributed by atoms with Gasteiger partial charge in [0.05, 0.1) is 21.8 Å². The third kappa shape index (κ3) is 2.84. The molecule has 1 heterocycles. The number of nitrogens with one attached hydrogen (secondary N) is 2. The van der Waals surface area contributed by atoms with Gasteiger partial charge in [-0.05, 0) is 36.2 Å². The molecule has 3 rings (SSSR count). The van der Waals surface area contributed by atoms with E-state index in [1.165, 1.54) is 11.9 Å². The van der Waals surface area contributed by atoms with E-state index in [1.54, 1.807) is 24.4 Å². The Balaban J connectivity index is 1.83. The minimum absolute atomic E-state index is 0.267. The van der Waals surface area contributed by atoms with Gasteiger partial charge in [0.15, 0.2) is 0 Å². The second-order valence-electron chi connectivity index (χ2n) is 4.40. The molecule has 0 radical (unpaired) electrons. The molecule has 3 aromatic rings. The van der Waals surface area contributed by atoms with E-state index in [1.807, 2.05) is 24.3 Å². The maximum Gasteiger partial charge on any atom is 0.335 e. The van der Waals surface area contributed by atoms with Gasteiger partial charge < -0.3 is 14.8 Å². The molecule has 2 aromatic carbocycles. The fourth-order valence-electron chi connectivity index (χ4n) is 2.01. The Morgan fingerprint density at radius 3 is 2.86 bits per heavy atom. The average molecular weight is 319 g/mol. The third-order valence-corrected chi connectivity index (χ3v) is 4.15. The molecule has 3 N–H and O–H groups in total. The van der Waals surface area contributed by atoms with Crippen molar-refractivity contribution in [2.75, 3.05) is 4.72 Å². The third-order valence-electron chi connectivity index (χ3n) is 3.02. The second-order valence-corrected chi connectivity index (χ2v) is 5.69. The van der Waals surface area contributed by atoms with Crippen molar-refractivity contribution in [1.29, 1.82) is 0 Å². The maximum atomic E-state index is 11.0. The van der Waals surface area contributed by atoms with Gasteiger partial charge in [-0.15, -0.1) is 0 Å². The van der Waals surface area contributed by atoms with Crippen LogP contribution in [0.25, 0.3) is 10.9 Å². The largest absolute Gasteiger partial charge is 0.478 e. The van der Waals surface area contributed by atoms with E-state index >= 15 is 0 Å². The summed E-state index contributed by atoms with van der Waals surface area (Å²) in [6, 6.07) is 12.6. The van der Waals surface area contributed by atoms with Gasteiger partial charge in [-0.3, -0.25) is 0 Å². The number of H-pyrrole nitrogens is 1. The van der Waals surface area contributed by atoms with Crippen molar-refractivity contribution < 1.29 is 9.90 Å². The Morgan fingerprint density at radius 1 is 1.24 bits per heavy atom. The first kappa shape index (κ1) is 13.9. The van der Waals surface area contributed by atoms with Crippen LogP contribution in [0.3, 0.4) is 0 Å². The summed E-state index contributed by atoms with van der Waals surface area (Å²) in [4.78, 5) is 14.9. The lowest BCUT2D eigenvalue weighted by molar-refractivity contribution is 0.0696. The van der Waals surface area contributed by atoms with Gasteiger partial charge in [0.2, 0.25) is 0 Å². The topological polar surface area (TPSA) is 65.1 Å². The van der Waals surface area contributed by atoms with Gasteiger partial charge in [-0.25, -0.2) is 4.79 Å². The summed E-state index contributed by atoms with van der Waals surface area (Å²) in [7, 11) is 0. The number of carboxylic acids is 1. The lowest BCUT2D eigenvalue weighted by Gasteiger charge is -2.07. The summed E-state index contributed by atoms with van der Waals surface area (Å²) < 4.78 is 3.22. The Labute approximate surface area is 130 Å². The Kier molecular flexibility index (Phi) is 3.77. The fourth-order valence-corrected chi connectivity index (χ4v) is 2.95. The van der Waals surface area contributed by atoms with Gasteiger partial charge >= 0.3 is 5.97 Å². The first-order chi connectivity index (χ1) is 10.1. The number of fused-ring (bicyclic) bond motifs is 1. The van der Waals surface area contributed by atoms with Crippen LogP contribution >= 0.6 is 23.5 Å². The van der Waals surface area contributed by atoms with Crippen LogP contribution in [0, 0.1) is 0 Å². The summed E-state index contributed by atoms with van der Waals surface area (Å²) >= 11 is 7.44. The highest BCUT2D eigenvalue weighted by molar-refractivity contribution is 8.00. The first-order valence-corrected chi connectivity index (χ1v) is 7.36. The molecule has 0 saturated carbocycles.